The van der Waals surface area contributed by atoms with E-state index in [4.69, 9.17) is 0 Å². The molecule has 0 N–H and O–H groups in total. The van der Waals surface area contributed by atoms with Crippen LogP contribution in [0.5, 0.6) is 0 Å². The van der Waals surface area contributed by atoms with E-state index < -0.39 is 4.92 Å². The fourth-order valence-corrected chi connectivity index (χ4v) is 3.26. The van der Waals surface area contributed by atoms with E-state index in [0.717, 1.165) is 16.7 Å². The molecular weight excluding hydrogens is 410 g/mol. The summed E-state index contributed by atoms with van der Waals surface area (Å²) in [5.74, 6) is 0. The van der Waals surface area contributed by atoms with Crippen molar-refractivity contribution in [3.8, 4) is 0 Å². The maximum Gasteiger partial charge on any atom is 0.297 e. The summed E-state index contributed by atoms with van der Waals surface area (Å²) in [6, 6.07) is 32.1. The van der Waals surface area contributed by atoms with Crippen molar-refractivity contribution in [1.82, 2.24) is 0 Å². The molecule has 5 heteroatoms. The van der Waals surface area contributed by atoms with Crippen LogP contribution in [0.3, 0.4) is 0 Å². The molecule has 0 saturated heterocycles. The lowest BCUT2D eigenvalue weighted by Gasteiger charge is -2.03. The minimum atomic E-state index is -0.435. The molecule has 0 spiro atoms. The maximum absolute atomic E-state index is 11.7. The van der Waals surface area contributed by atoms with Gasteiger partial charge in [-0.2, -0.15) is 0 Å². The van der Waals surface area contributed by atoms with E-state index in [9.17, 15) is 10.1 Å². The Morgan fingerprint density at radius 2 is 1.12 bits per heavy atom. The first kappa shape index (κ1) is 21.6. The number of hydrogen-bond acceptors (Lipinski definition) is 4. The molecule has 0 radical (unpaired) electrons. The van der Waals surface area contributed by atoms with Crippen molar-refractivity contribution in [2.24, 2.45) is 10.2 Å². The summed E-state index contributed by atoms with van der Waals surface area (Å²) in [7, 11) is 0. The van der Waals surface area contributed by atoms with Crippen molar-refractivity contribution < 1.29 is 4.92 Å². The highest BCUT2D eigenvalue weighted by atomic mass is 16.6. The molecule has 0 aromatic heterocycles. The average molecular weight is 431 g/mol. The van der Waals surface area contributed by atoms with E-state index in [2.05, 4.69) is 10.2 Å². The molecule has 0 bridgehead atoms. The van der Waals surface area contributed by atoms with Gasteiger partial charge >= 0.3 is 0 Å². The van der Waals surface area contributed by atoms with Gasteiger partial charge in [0.25, 0.3) is 5.69 Å². The summed E-state index contributed by atoms with van der Waals surface area (Å²) in [4.78, 5) is 11.2. The Kier molecular flexibility index (Phi) is 6.93. The molecule has 4 rings (SSSR count). The Labute approximate surface area is 192 Å². The molecule has 0 aliphatic rings. The van der Waals surface area contributed by atoms with Crippen LogP contribution in [0.1, 0.15) is 22.3 Å². The predicted molar refractivity (Wildman–Crippen MR) is 134 cm³/mol. The van der Waals surface area contributed by atoms with Crippen molar-refractivity contribution in [3.63, 3.8) is 0 Å². The molecule has 0 unspecified atom stereocenters. The highest BCUT2D eigenvalue weighted by Crippen LogP contribution is 2.34. The van der Waals surface area contributed by atoms with Gasteiger partial charge in [0.05, 0.1) is 10.6 Å². The summed E-state index contributed by atoms with van der Waals surface area (Å²) in [6.45, 7) is 0. The number of nitro benzene ring substituents is 1. The Bertz CT molecular complexity index is 1330. The SMILES string of the molecule is O=[N+]([O-])c1cccc(C=Cc2ccccc2)c1N=Nc1ccccc1C=Cc1ccccc1. The number of azo groups is 1. The second-order valence-electron chi connectivity index (χ2n) is 7.22. The monoisotopic (exact) mass is 431 g/mol. The predicted octanol–water partition coefficient (Wildman–Crippen LogP) is 8.35. The molecule has 4 aromatic carbocycles. The van der Waals surface area contributed by atoms with Gasteiger partial charge in [-0.05, 0) is 17.2 Å². The Balaban J connectivity index is 1.69. The standard InChI is InChI=1S/C28H21N3O2/c32-31(33)27-17-9-15-25(21-19-23-12-5-2-6-13-23)28(27)30-29-26-16-8-7-14-24(26)20-18-22-10-3-1-4-11-22/h1-21H. The van der Waals surface area contributed by atoms with E-state index in [0.29, 0.717) is 11.3 Å². The topological polar surface area (TPSA) is 67.9 Å². The van der Waals surface area contributed by atoms with Gasteiger partial charge < -0.3 is 0 Å². The summed E-state index contributed by atoms with van der Waals surface area (Å²) in [5, 5.41) is 20.4. The second kappa shape index (κ2) is 10.6. The molecule has 0 fully saturated rings. The minimum absolute atomic E-state index is 0.0914. The van der Waals surface area contributed by atoms with Gasteiger partial charge in [0.15, 0.2) is 5.69 Å². The van der Waals surface area contributed by atoms with Crippen molar-refractivity contribution in [1.29, 1.82) is 0 Å². The average Bonchev–Trinajstić information content (AvgIpc) is 2.86. The van der Waals surface area contributed by atoms with E-state index in [1.54, 1.807) is 12.1 Å². The summed E-state index contributed by atoms with van der Waals surface area (Å²) >= 11 is 0. The van der Waals surface area contributed by atoms with Crippen LogP contribution in [0.2, 0.25) is 0 Å². The Morgan fingerprint density at radius 1 is 0.576 bits per heavy atom. The molecule has 160 valence electrons. The first-order chi connectivity index (χ1) is 16.2. The Morgan fingerprint density at radius 3 is 1.76 bits per heavy atom. The molecule has 0 saturated carbocycles. The quantitative estimate of drug-likeness (QED) is 0.128. The number of nitrogens with zero attached hydrogens (tertiary/aromatic N) is 3. The van der Waals surface area contributed by atoms with Gasteiger partial charge in [-0.25, -0.2) is 0 Å². The molecule has 0 aliphatic carbocycles. The van der Waals surface area contributed by atoms with Crippen molar-refractivity contribution in [2.45, 2.75) is 0 Å². The van der Waals surface area contributed by atoms with E-state index in [-0.39, 0.29) is 11.4 Å². The lowest BCUT2D eigenvalue weighted by atomic mass is 10.1. The zero-order valence-electron chi connectivity index (χ0n) is 17.8. The van der Waals surface area contributed by atoms with Crippen LogP contribution < -0.4 is 0 Å². The third-order valence-corrected chi connectivity index (χ3v) is 4.95. The fourth-order valence-electron chi connectivity index (χ4n) is 3.26. The Hall–Kier alpha value is -4.64. The van der Waals surface area contributed by atoms with Gasteiger partial charge in [-0.15, -0.1) is 10.2 Å². The maximum atomic E-state index is 11.7. The fraction of sp³-hybridized carbons (Fsp3) is 0. The summed E-state index contributed by atoms with van der Waals surface area (Å²) in [5.41, 5.74) is 4.29. The van der Waals surface area contributed by atoms with Gasteiger partial charge in [-0.1, -0.05) is 115 Å². The number of benzene rings is 4. The molecule has 33 heavy (non-hydrogen) atoms. The number of hydrogen-bond donors (Lipinski definition) is 0. The molecule has 0 aliphatic heterocycles. The van der Waals surface area contributed by atoms with Crippen LogP contribution in [0.4, 0.5) is 17.1 Å². The normalized spacial score (nSPS) is 11.5. The van der Waals surface area contributed by atoms with E-state index in [1.165, 1.54) is 6.07 Å². The lowest BCUT2D eigenvalue weighted by molar-refractivity contribution is -0.384. The van der Waals surface area contributed by atoms with Gasteiger partial charge in [-0.3, -0.25) is 10.1 Å². The molecule has 5 nitrogen and oxygen atoms in total. The van der Waals surface area contributed by atoms with Crippen LogP contribution in [0.25, 0.3) is 24.3 Å². The smallest absolute Gasteiger partial charge is 0.258 e. The van der Waals surface area contributed by atoms with Crippen LogP contribution >= 0.6 is 0 Å². The minimum Gasteiger partial charge on any atom is -0.258 e. The largest absolute Gasteiger partial charge is 0.297 e. The van der Waals surface area contributed by atoms with Crippen molar-refractivity contribution in [3.05, 3.63) is 135 Å². The third-order valence-electron chi connectivity index (χ3n) is 4.95. The van der Waals surface area contributed by atoms with Crippen molar-refractivity contribution >= 4 is 41.4 Å². The molecule has 0 heterocycles. The zero-order chi connectivity index (χ0) is 22.9. The number of rotatable bonds is 7. The highest BCUT2D eigenvalue weighted by molar-refractivity contribution is 5.80. The first-order valence-electron chi connectivity index (χ1n) is 10.5. The molecule has 4 aromatic rings. The van der Waals surface area contributed by atoms with Crippen LogP contribution in [-0.2, 0) is 0 Å². The summed E-state index contributed by atoms with van der Waals surface area (Å²) in [6.07, 6.45) is 7.67. The van der Waals surface area contributed by atoms with Crippen LogP contribution in [-0.4, -0.2) is 4.92 Å². The zero-order valence-corrected chi connectivity index (χ0v) is 17.8. The lowest BCUT2D eigenvalue weighted by Crippen LogP contribution is -1.89. The van der Waals surface area contributed by atoms with E-state index in [1.807, 2.05) is 109 Å². The molecular formula is C28H21N3O2. The summed E-state index contributed by atoms with van der Waals surface area (Å²) < 4.78 is 0. The van der Waals surface area contributed by atoms with Crippen LogP contribution in [0.15, 0.2) is 113 Å². The highest BCUT2D eigenvalue weighted by Gasteiger charge is 2.16. The van der Waals surface area contributed by atoms with Crippen molar-refractivity contribution in [2.75, 3.05) is 0 Å². The van der Waals surface area contributed by atoms with Gasteiger partial charge in [0.2, 0.25) is 0 Å². The molecule has 0 atom stereocenters. The van der Waals surface area contributed by atoms with Gasteiger partial charge in [0.1, 0.15) is 0 Å². The third kappa shape index (κ3) is 5.74. The first-order valence-corrected chi connectivity index (χ1v) is 10.5. The second-order valence-corrected chi connectivity index (χ2v) is 7.22. The molecule has 0 amide bonds. The van der Waals surface area contributed by atoms with Gasteiger partial charge in [0, 0.05) is 17.2 Å². The number of nitro groups is 1. The van der Waals surface area contributed by atoms with Crippen LogP contribution in [0, 0.1) is 10.1 Å². The van der Waals surface area contributed by atoms with E-state index >= 15 is 0 Å².